The standard InChI is InChI=1S/C21H18N2O3/c24-20(22-14-17-10-6-12-26-17)19-13-16-9-4-5-11-18(16)23(19)21(25)15-7-2-1-3-8-15/h1-12,19H,13-14H2,(H,22,24). The average Bonchev–Trinajstić information content (AvgIpc) is 3.34. The molecule has 1 atom stereocenters. The summed E-state index contributed by atoms with van der Waals surface area (Å²) in [5, 5.41) is 2.87. The number of hydrogen-bond acceptors (Lipinski definition) is 3. The Labute approximate surface area is 151 Å². The zero-order valence-corrected chi connectivity index (χ0v) is 14.1. The van der Waals surface area contributed by atoms with E-state index in [1.165, 1.54) is 0 Å². The number of nitrogens with zero attached hydrogens (tertiary/aromatic N) is 1. The fourth-order valence-electron chi connectivity index (χ4n) is 3.27. The Morgan fingerprint density at radius 1 is 1.00 bits per heavy atom. The van der Waals surface area contributed by atoms with Gasteiger partial charge in [-0.2, -0.15) is 0 Å². The molecule has 2 heterocycles. The predicted octanol–water partition coefficient (Wildman–Crippen LogP) is 3.17. The molecule has 0 radical (unpaired) electrons. The van der Waals surface area contributed by atoms with Crippen LogP contribution >= 0.6 is 0 Å². The minimum atomic E-state index is -0.574. The minimum absolute atomic E-state index is 0.173. The van der Waals surface area contributed by atoms with E-state index >= 15 is 0 Å². The highest BCUT2D eigenvalue weighted by molar-refractivity contribution is 6.11. The summed E-state index contributed by atoms with van der Waals surface area (Å²) in [5.74, 6) is 0.311. The third kappa shape index (κ3) is 2.99. The summed E-state index contributed by atoms with van der Waals surface area (Å²) in [5.41, 5.74) is 2.35. The van der Waals surface area contributed by atoms with Crippen LogP contribution in [-0.2, 0) is 17.8 Å². The van der Waals surface area contributed by atoms with Gasteiger partial charge in [-0.3, -0.25) is 14.5 Å². The Bertz CT molecular complexity index is 919. The highest BCUT2D eigenvalue weighted by atomic mass is 16.3. The highest BCUT2D eigenvalue weighted by Gasteiger charge is 2.38. The normalized spacial score (nSPS) is 15.5. The van der Waals surface area contributed by atoms with E-state index in [0.717, 1.165) is 11.3 Å². The summed E-state index contributed by atoms with van der Waals surface area (Å²) in [4.78, 5) is 27.5. The number of carbonyl (C=O) groups is 2. The van der Waals surface area contributed by atoms with Crippen LogP contribution in [0.2, 0.25) is 0 Å². The summed E-state index contributed by atoms with van der Waals surface area (Å²) in [6.45, 7) is 0.298. The van der Waals surface area contributed by atoms with Gasteiger partial charge in [-0.05, 0) is 35.9 Å². The molecule has 1 unspecified atom stereocenters. The van der Waals surface area contributed by atoms with Gasteiger partial charge < -0.3 is 9.73 Å². The van der Waals surface area contributed by atoms with Crippen molar-refractivity contribution < 1.29 is 14.0 Å². The maximum Gasteiger partial charge on any atom is 0.259 e. The SMILES string of the molecule is O=C(NCc1ccco1)C1Cc2ccccc2N1C(=O)c1ccccc1. The predicted molar refractivity (Wildman–Crippen MR) is 97.7 cm³/mol. The molecular formula is C21H18N2O3. The Balaban J connectivity index is 1.61. The number of amides is 2. The molecule has 130 valence electrons. The van der Waals surface area contributed by atoms with Crippen molar-refractivity contribution >= 4 is 17.5 Å². The summed E-state index contributed by atoms with van der Waals surface area (Å²) < 4.78 is 5.26. The lowest BCUT2D eigenvalue weighted by molar-refractivity contribution is -0.122. The topological polar surface area (TPSA) is 62.6 Å². The van der Waals surface area contributed by atoms with Crippen LogP contribution in [-0.4, -0.2) is 17.9 Å². The zero-order valence-electron chi connectivity index (χ0n) is 14.1. The zero-order chi connectivity index (χ0) is 17.9. The van der Waals surface area contributed by atoms with Crippen molar-refractivity contribution in [2.24, 2.45) is 0 Å². The van der Waals surface area contributed by atoms with Gasteiger partial charge in [0, 0.05) is 17.7 Å². The smallest absolute Gasteiger partial charge is 0.259 e. The van der Waals surface area contributed by atoms with Crippen LogP contribution in [0.5, 0.6) is 0 Å². The lowest BCUT2D eigenvalue weighted by Gasteiger charge is -2.25. The number of rotatable bonds is 4. The van der Waals surface area contributed by atoms with Crippen molar-refractivity contribution in [1.29, 1.82) is 0 Å². The van der Waals surface area contributed by atoms with E-state index in [1.807, 2.05) is 42.5 Å². The van der Waals surface area contributed by atoms with Gasteiger partial charge in [0.05, 0.1) is 12.8 Å². The van der Waals surface area contributed by atoms with Crippen LogP contribution in [0.4, 0.5) is 5.69 Å². The molecule has 0 bridgehead atoms. The van der Waals surface area contributed by atoms with Gasteiger partial charge in [-0.1, -0.05) is 36.4 Å². The van der Waals surface area contributed by atoms with Crippen molar-refractivity contribution in [1.82, 2.24) is 5.32 Å². The molecule has 0 saturated heterocycles. The van der Waals surface area contributed by atoms with Crippen molar-refractivity contribution in [3.63, 3.8) is 0 Å². The van der Waals surface area contributed by atoms with E-state index in [1.54, 1.807) is 35.4 Å². The maximum absolute atomic E-state index is 13.1. The molecule has 1 aliphatic heterocycles. The van der Waals surface area contributed by atoms with E-state index < -0.39 is 6.04 Å². The maximum atomic E-state index is 13.1. The van der Waals surface area contributed by atoms with E-state index in [2.05, 4.69) is 5.32 Å². The van der Waals surface area contributed by atoms with Crippen LogP contribution in [0.3, 0.4) is 0 Å². The van der Waals surface area contributed by atoms with Gasteiger partial charge in [0.1, 0.15) is 11.8 Å². The number of benzene rings is 2. The largest absolute Gasteiger partial charge is 0.467 e. The molecule has 2 amide bonds. The second-order valence-corrected chi connectivity index (χ2v) is 6.19. The van der Waals surface area contributed by atoms with Crippen molar-refractivity contribution in [3.05, 3.63) is 89.9 Å². The molecule has 1 N–H and O–H groups in total. The number of nitrogens with one attached hydrogen (secondary N) is 1. The Kier molecular flexibility index (Phi) is 4.27. The molecule has 0 saturated carbocycles. The monoisotopic (exact) mass is 346 g/mol. The molecule has 0 spiro atoms. The number of anilines is 1. The first-order valence-corrected chi connectivity index (χ1v) is 8.50. The third-order valence-electron chi connectivity index (χ3n) is 4.54. The number of hydrogen-bond donors (Lipinski definition) is 1. The molecule has 5 nitrogen and oxygen atoms in total. The van der Waals surface area contributed by atoms with Crippen molar-refractivity contribution in [3.8, 4) is 0 Å². The first kappa shape index (κ1) is 16.1. The van der Waals surface area contributed by atoms with Crippen LogP contribution in [0.25, 0.3) is 0 Å². The second-order valence-electron chi connectivity index (χ2n) is 6.19. The molecule has 1 aromatic heterocycles. The van der Waals surface area contributed by atoms with E-state index in [0.29, 0.717) is 24.3 Å². The molecule has 3 aromatic rings. The highest BCUT2D eigenvalue weighted by Crippen LogP contribution is 2.33. The number of para-hydroxylation sites is 1. The first-order chi connectivity index (χ1) is 12.7. The van der Waals surface area contributed by atoms with Gasteiger partial charge in [0.2, 0.25) is 5.91 Å². The third-order valence-corrected chi connectivity index (χ3v) is 4.54. The van der Waals surface area contributed by atoms with E-state index in [4.69, 9.17) is 4.42 Å². The Morgan fingerprint density at radius 2 is 1.77 bits per heavy atom. The molecule has 4 rings (SSSR count). The molecule has 5 heteroatoms. The molecule has 1 aliphatic rings. The van der Waals surface area contributed by atoms with Gasteiger partial charge >= 0.3 is 0 Å². The average molecular weight is 346 g/mol. The van der Waals surface area contributed by atoms with Crippen LogP contribution in [0.15, 0.2) is 77.4 Å². The molecule has 0 fully saturated rings. The Morgan fingerprint density at radius 3 is 2.54 bits per heavy atom. The van der Waals surface area contributed by atoms with Gasteiger partial charge in [0.25, 0.3) is 5.91 Å². The van der Waals surface area contributed by atoms with Crippen molar-refractivity contribution in [2.45, 2.75) is 19.0 Å². The summed E-state index contributed by atoms with van der Waals surface area (Å²) in [6, 6.07) is 19.7. The molecule has 26 heavy (non-hydrogen) atoms. The number of carbonyl (C=O) groups excluding carboxylic acids is 2. The molecule has 2 aromatic carbocycles. The Hall–Kier alpha value is -3.34. The van der Waals surface area contributed by atoms with Gasteiger partial charge in [0.15, 0.2) is 0 Å². The van der Waals surface area contributed by atoms with Crippen LogP contribution < -0.4 is 10.2 Å². The fraction of sp³-hybridized carbons (Fsp3) is 0.143. The summed E-state index contributed by atoms with van der Waals surface area (Å²) in [7, 11) is 0. The molecular weight excluding hydrogens is 328 g/mol. The quantitative estimate of drug-likeness (QED) is 0.789. The lowest BCUT2D eigenvalue weighted by atomic mass is 10.1. The van der Waals surface area contributed by atoms with Crippen LogP contribution in [0.1, 0.15) is 21.7 Å². The first-order valence-electron chi connectivity index (χ1n) is 8.50. The minimum Gasteiger partial charge on any atom is -0.467 e. The lowest BCUT2D eigenvalue weighted by Crippen LogP contribution is -2.47. The summed E-state index contributed by atoms with van der Waals surface area (Å²) >= 11 is 0. The van der Waals surface area contributed by atoms with E-state index in [9.17, 15) is 9.59 Å². The van der Waals surface area contributed by atoms with E-state index in [-0.39, 0.29) is 11.8 Å². The van der Waals surface area contributed by atoms with Gasteiger partial charge in [-0.15, -0.1) is 0 Å². The second kappa shape index (κ2) is 6.88. The number of fused-ring (bicyclic) bond motifs is 1. The summed E-state index contributed by atoms with van der Waals surface area (Å²) in [6.07, 6.45) is 2.07. The van der Waals surface area contributed by atoms with Crippen molar-refractivity contribution in [2.75, 3.05) is 4.90 Å². The fourth-order valence-corrected chi connectivity index (χ4v) is 3.27. The number of furan rings is 1. The molecule has 0 aliphatic carbocycles. The van der Waals surface area contributed by atoms with Crippen LogP contribution in [0, 0.1) is 0 Å². The van der Waals surface area contributed by atoms with Gasteiger partial charge in [-0.25, -0.2) is 0 Å².